The highest BCUT2D eigenvalue weighted by Crippen LogP contribution is 2.35. The van der Waals surface area contributed by atoms with Crippen LogP contribution in [-0.4, -0.2) is 56.2 Å². The lowest BCUT2D eigenvalue weighted by Crippen LogP contribution is -2.48. The van der Waals surface area contributed by atoms with Gasteiger partial charge in [-0.3, -0.25) is 15.0 Å². The van der Waals surface area contributed by atoms with Gasteiger partial charge in [0.2, 0.25) is 0 Å². The number of hydrogen-bond acceptors (Lipinski definition) is 8. The quantitative estimate of drug-likeness (QED) is 0.410. The minimum Gasteiger partial charge on any atom is -0.369 e. The third-order valence-electron chi connectivity index (χ3n) is 6.60. The van der Waals surface area contributed by atoms with Crippen molar-refractivity contribution >= 4 is 22.7 Å². The Morgan fingerprint density at radius 3 is 2.44 bits per heavy atom. The van der Waals surface area contributed by atoms with Crippen molar-refractivity contribution in [2.75, 3.05) is 31.1 Å². The molecule has 0 bridgehead atoms. The van der Waals surface area contributed by atoms with Crippen LogP contribution in [0.1, 0.15) is 54.9 Å². The molecule has 2 aromatic heterocycles. The van der Waals surface area contributed by atoms with E-state index in [1.54, 1.807) is 23.5 Å². The molecule has 5 rings (SSSR count). The van der Waals surface area contributed by atoms with Gasteiger partial charge in [-0.05, 0) is 46.8 Å². The van der Waals surface area contributed by atoms with E-state index < -0.39 is 0 Å². The number of nitro benzene ring substituents is 1. The number of nitrogens with zero attached hydrogens (tertiary/aromatic N) is 7. The molecule has 0 amide bonds. The fourth-order valence-corrected chi connectivity index (χ4v) is 5.76. The Balaban J connectivity index is 1.35. The minimum atomic E-state index is -0.357. The minimum absolute atomic E-state index is 0.0472. The zero-order valence-electron chi connectivity index (χ0n) is 17.9. The largest absolute Gasteiger partial charge is 0.369 e. The Morgan fingerprint density at radius 2 is 1.78 bits per heavy atom. The molecule has 1 saturated heterocycles. The van der Waals surface area contributed by atoms with Gasteiger partial charge in [-0.1, -0.05) is 25.3 Å². The van der Waals surface area contributed by atoms with Gasteiger partial charge in [0, 0.05) is 48.9 Å². The molecule has 9 nitrogen and oxygen atoms in total. The number of non-ortho nitro benzene ring substituents is 1. The number of benzene rings is 1. The van der Waals surface area contributed by atoms with Crippen molar-refractivity contribution in [1.82, 2.24) is 25.1 Å². The summed E-state index contributed by atoms with van der Waals surface area (Å²) in [6.07, 6.45) is 6.06. The normalized spacial score (nSPS) is 19.2. The van der Waals surface area contributed by atoms with Gasteiger partial charge in [0.1, 0.15) is 6.04 Å². The maximum atomic E-state index is 10.9. The van der Waals surface area contributed by atoms with Crippen LogP contribution >= 0.6 is 11.3 Å². The van der Waals surface area contributed by atoms with E-state index in [2.05, 4.69) is 47.5 Å². The van der Waals surface area contributed by atoms with Crippen molar-refractivity contribution in [2.45, 2.75) is 44.2 Å². The summed E-state index contributed by atoms with van der Waals surface area (Å²) in [5, 5.41) is 26.1. The molecule has 1 aromatic carbocycles. The number of hydrogen-bond donors (Lipinski definition) is 0. The predicted molar refractivity (Wildman–Crippen MR) is 123 cm³/mol. The maximum Gasteiger partial charge on any atom is 0.269 e. The van der Waals surface area contributed by atoms with Crippen molar-refractivity contribution in [3.63, 3.8) is 0 Å². The van der Waals surface area contributed by atoms with E-state index in [4.69, 9.17) is 0 Å². The van der Waals surface area contributed by atoms with E-state index in [1.165, 1.54) is 24.1 Å². The summed E-state index contributed by atoms with van der Waals surface area (Å²) < 4.78 is 2.09. The van der Waals surface area contributed by atoms with E-state index in [-0.39, 0.29) is 16.7 Å². The van der Waals surface area contributed by atoms with Crippen LogP contribution in [0.15, 0.2) is 41.8 Å². The molecule has 10 heteroatoms. The van der Waals surface area contributed by atoms with Crippen LogP contribution in [0.4, 0.5) is 11.4 Å². The number of aromatic nitrogens is 4. The summed E-state index contributed by atoms with van der Waals surface area (Å²) in [7, 11) is 0. The molecule has 2 aliphatic rings. The predicted octanol–water partition coefficient (Wildman–Crippen LogP) is 4.06. The van der Waals surface area contributed by atoms with Gasteiger partial charge in [-0.25, -0.2) is 4.68 Å². The summed E-state index contributed by atoms with van der Waals surface area (Å²) in [6.45, 7) is 3.45. The van der Waals surface area contributed by atoms with Gasteiger partial charge < -0.3 is 4.90 Å². The van der Waals surface area contributed by atoms with Gasteiger partial charge in [-0.2, -0.15) is 0 Å². The molecule has 2 fully saturated rings. The van der Waals surface area contributed by atoms with Gasteiger partial charge >= 0.3 is 0 Å². The number of rotatable bonds is 6. The molecule has 0 unspecified atom stereocenters. The first-order valence-corrected chi connectivity index (χ1v) is 12.1. The third kappa shape index (κ3) is 4.24. The molecule has 1 aliphatic carbocycles. The zero-order chi connectivity index (χ0) is 21.9. The maximum absolute atomic E-state index is 10.9. The average Bonchev–Trinajstić information content (AvgIpc) is 3.54. The van der Waals surface area contributed by atoms with Crippen LogP contribution in [0.25, 0.3) is 0 Å². The highest BCUT2D eigenvalue weighted by molar-refractivity contribution is 7.10. The van der Waals surface area contributed by atoms with Crippen LogP contribution in [0.3, 0.4) is 0 Å². The van der Waals surface area contributed by atoms with Crippen molar-refractivity contribution in [1.29, 1.82) is 0 Å². The lowest BCUT2D eigenvalue weighted by atomic mass is 9.95. The van der Waals surface area contributed by atoms with E-state index >= 15 is 0 Å². The molecule has 0 radical (unpaired) electrons. The second kappa shape index (κ2) is 9.33. The Hall–Kier alpha value is -2.85. The molecule has 32 heavy (non-hydrogen) atoms. The molecule has 1 saturated carbocycles. The summed E-state index contributed by atoms with van der Waals surface area (Å²) >= 11 is 1.75. The first-order valence-electron chi connectivity index (χ1n) is 11.3. The molecule has 0 N–H and O–H groups in total. The lowest BCUT2D eigenvalue weighted by molar-refractivity contribution is -0.384. The summed E-state index contributed by atoms with van der Waals surface area (Å²) in [5.74, 6) is 0.947. The molecule has 3 aromatic rings. The Bertz CT molecular complexity index is 1020. The SMILES string of the molecule is O=[N+]([O-])c1ccc(N2CCN([C@@H](c3cccs3)c3nnnn3C3CCCCC3)CC2)cc1. The number of thiophene rings is 1. The smallest absolute Gasteiger partial charge is 0.269 e. The second-order valence-corrected chi connectivity index (χ2v) is 9.47. The molecular weight excluding hydrogens is 426 g/mol. The number of tetrazole rings is 1. The number of nitro groups is 1. The van der Waals surface area contributed by atoms with E-state index in [1.807, 2.05) is 12.1 Å². The van der Waals surface area contributed by atoms with Crippen LogP contribution in [0, 0.1) is 10.1 Å². The standard InChI is InChI=1S/C22H27N7O2S/c30-29(31)19-10-8-17(9-11-19)26-12-14-27(15-13-26)21(20-7-4-16-32-20)22-23-24-25-28(22)18-5-2-1-3-6-18/h4,7-11,16,18,21H,1-3,5-6,12-15H2/t21-/m0/s1. The van der Waals surface area contributed by atoms with Crippen molar-refractivity contribution in [3.8, 4) is 0 Å². The topological polar surface area (TPSA) is 93.2 Å². The zero-order valence-corrected chi connectivity index (χ0v) is 18.7. The Kier molecular flexibility index (Phi) is 6.13. The molecule has 0 spiro atoms. The third-order valence-corrected chi connectivity index (χ3v) is 7.53. The summed E-state index contributed by atoms with van der Waals surface area (Å²) in [4.78, 5) is 16.6. The Morgan fingerprint density at radius 1 is 1.03 bits per heavy atom. The summed E-state index contributed by atoms with van der Waals surface area (Å²) in [5.41, 5.74) is 1.15. The highest BCUT2D eigenvalue weighted by Gasteiger charge is 2.33. The molecule has 3 heterocycles. The second-order valence-electron chi connectivity index (χ2n) is 8.49. The molecular formula is C22H27N7O2S. The lowest BCUT2D eigenvalue weighted by Gasteiger charge is -2.39. The van der Waals surface area contributed by atoms with Crippen LogP contribution in [0.2, 0.25) is 0 Å². The Labute approximate surface area is 190 Å². The van der Waals surface area contributed by atoms with Gasteiger partial charge in [0.25, 0.3) is 5.69 Å². The monoisotopic (exact) mass is 453 g/mol. The van der Waals surface area contributed by atoms with Crippen molar-refractivity contribution in [3.05, 3.63) is 62.6 Å². The van der Waals surface area contributed by atoms with Gasteiger partial charge in [-0.15, -0.1) is 16.4 Å². The van der Waals surface area contributed by atoms with Crippen LogP contribution in [0.5, 0.6) is 0 Å². The average molecular weight is 454 g/mol. The van der Waals surface area contributed by atoms with E-state index in [0.717, 1.165) is 50.5 Å². The highest BCUT2D eigenvalue weighted by atomic mass is 32.1. The summed E-state index contributed by atoms with van der Waals surface area (Å²) in [6, 6.07) is 11.5. The number of anilines is 1. The van der Waals surface area contributed by atoms with Crippen LogP contribution < -0.4 is 4.90 Å². The van der Waals surface area contributed by atoms with E-state index in [0.29, 0.717) is 6.04 Å². The first-order chi connectivity index (χ1) is 15.7. The van der Waals surface area contributed by atoms with Crippen molar-refractivity contribution in [2.24, 2.45) is 0 Å². The first kappa shape index (κ1) is 21.0. The van der Waals surface area contributed by atoms with Crippen LogP contribution in [-0.2, 0) is 0 Å². The number of piperazine rings is 1. The van der Waals surface area contributed by atoms with Gasteiger partial charge in [0.05, 0.1) is 11.0 Å². The molecule has 1 atom stereocenters. The van der Waals surface area contributed by atoms with Gasteiger partial charge in [0.15, 0.2) is 5.82 Å². The fraction of sp³-hybridized carbons (Fsp3) is 0.500. The van der Waals surface area contributed by atoms with Crippen molar-refractivity contribution < 1.29 is 4.92 Å². The fourth-order valence-electron chi connectivity index (χ4n) is 4.91. The van der Waals surface area contributed by atoms with E-state index in [9.17, 15) is 10.1 Å². The molecule has 168 valence electrons. The molecule has 1 aliphatic heterocycles.